The van der Waals surface area contributed by atoms with Gasteiger partial charge in [-0.15, -0.1) is 0 Å². The van der Waals surface area contributed by atoms with Crippen LogP contribution in [-0.4, -0.2) is 11.7 Å². The van der Waals surface area contributed by atoms with E-state index in [0.717, 1.165) is 27.7 Å². The number of anilines is 1. The standard InChI is InChI=1S/C21H17BrFNO2/c22-17-5-2-1-4-15(17)16-12-20(26)24(14-10-8-13(23)9-11-14)18-6-3-7-19(25)21(16)18/h1-2,4-5,8-11,16H,3,6-7,12H2. The number of carbonyl (C=O) groups is 2. The Labute approximate surface area is 159 Å². The van der Waals surface area contributed by atoms with Crippen LogP contribution in [0.25, 0.3) is 0 Å². The summed E-state index contributed by atoms with van der Waals surface area (Å²) >= 11 is 3.56. The van der Waals surface area contributed by atoms with Crippen LogP contribution in [0.4, 0.5) is 10.1 Å². The molecule has 2 aromatic carbocycles. The molecule has 0 radical (unpaired) electrons. The van der Waals surface area contributed by atoms with Crippen molar-refractivity contribution in [2.45, 2.75) is 31.6 Å². The molecule has 0 bridgehead atoms. The van der Waals surface area contributed by atoms with Gasteiger partial charge in [0.25, 0.3) is 0 Å². The number of allylic oxidation sites excluding steroid dienone is 2. The van der Waals surface area contributed by atoms with Gasteiger partial charge in [0.05, 0.1) is 0 Å². The molecule has 0 spiro atoms. The minimum Gasteiger partial charge on any atom is -0.294 e. The number of hydrogen-bond donors (Lipinski definition) is 0. The van der Waals surface area contributed by atoms with Crippen molar-refractivity contribution >= 4 is 33.3 Å². The molecule has 0 saturated carbocycles. The zero-order valence-corrected chi connectivity index (χ0v) is 15.6. The molecule has 132 valence electrons. The summed E-state index contributed by atoms with van der Waals surface area (Å²) in [5, 5.41) is 0. The fourth-order valence-electron chi connectivity index (χ4n) is 3.91. The number of nitrogens with zero attached hydrogens (tertiary/aromatic N) is 1. The molecular formula is C21H17BrFNO2. The van der Waals surface area contributed by atoms with Crippen LogP contribution in [0, 0.1) is 5.82 Å². The van der Waals surface area contributed by atoms with E-state index in [9.17, 15) is 14.0 Å². The van der Waals surface area contributed by atoms with Gasteiger partial charge in [0.15, 0.2) is 5.78 Å². The molecule has 26 heavy (non-hydrogen) atoms. The van der Waals surface area contributed by atoms with Crippen LogP contribution in [0.3, 0.4) is 0 Å². The summed E-state index contributed by atoms with van der Waals surface area (Å²) < 4.78 is 14.2. The van der Waals surface area contributed by atoms with Crippen LogP contribution in [0.2, 0.25) is 0 Å². The molecule has 3 nitrogen and oxygen atoms in total. The topological polar surface area (TPSA) is 37.4 Å². The molecule has 1 aliphatic heterocycles. The van der Waals surface area contributed by atoms with Crippen LogP contribution < -0.4 is 4.90 Å². The summed E-state index contributed by atoms with van der Waals surface area (Å²) in [6, 6.07) is 13.6. The maximum atomic E-state index is 13.3. The van der Waals surface area contributed by atoms with Crippen LogP contribution in [0.1, 0.15) is 37.2 Å². The van der Waals surface area contributed by atoms with Gasteiger partial charge in [-0.05, 0) is 48.7 Å². The maximum absolute atomic E-state index is 13.3. The molecule has 1 atom stereocenters. The number of carbonyl (C=O) groups excluding carboxylic acids is 2. The van der Waals surface area contributed by atoms with Crippen molar-refractivity contribution < 1.29 is 14.0 Å². The van der Waals surface area contributed by atoms with Gasteiger partial charge < -0.3 is 0 Å². The highest BCUT2D eigenvalue weighted by Gasteiger charge is 2.40. The van der Waals surface area contributed by atoms with E-state index in [-0.39, 0.29) is 29.8 Å². The summed E-state index contributed by atoms with van der Waals surface area (Å²) in [5.41, 5.74) is 3.07. The summed E-state index contributed by atoms with van der Waals surface area (Å²) in [5.74, 6) is -0.548. The second-order valence-corrected chi connectivity index (χ2v) is 7.48. The van der Waals surface area contributed by atoms with Crippen molar-refractivity contribution in [3.05, 3.63) is 75.7 Å². The van der Waals surface area contributed by atoms with E-state index < -0.39 is 0 Å². The van der Waals surface area contributed by atoms with E-state index in [4.69, 9.17) is 0 Å². The first-order chi connectivity index (χ1) is 12.6. The van der Waals surface area contributed by atoms with Crippen molar-refractivity contribution in [2.75, 3.05) is 4.90 Å². The van der Waals surface area contributed by atoms with Crippen molar-refractivity contribution in [3.63, 3.8) is 0 Å². The summed E-state index contributed by atoms with van der Waals surface area (Å²) in [7, 11) is 0. The summed E-state index contributed by atoms with van der Waals surface area (Å²) in [6.45, 7) is 0. The molecule has 0 fully saturated rings. The van der Waals surface area contributed by atoms with E-state index in [2.05, 4.69) is 15.9 Å². The van der Waals surface area contributed by atoms with Gasteiger partial charge in [0.1, 0.15) is 5.82 Å². The van der Waals surface area contributed by atoms with Gasteiger partial charge in [0.2, 0.25) is 5.91 Å². The van der Waals surface area contributed by atoms with Gasteiger partial charge in [-0.3, -0.25) is 14.5 Å². The van der Waals surface area contributed by atoms with Crippen molar-refractivity contribution in [3.8, 4) is 0 Å². The first kappa shape index (κ1) is 17.2. The predicted molar refractivity (Wildman–Crippen MR) is 101 cm³/mol. The molecule has 5 heteroatoms. The van der Waals surface area contributed by atoms with Crippen molar-refractivity contribution in [1.29, 1.82) is 0 Å². The third-order valence-electron chi connectivity index (χ3n) is 5.04. The second kappa shape index (κ2) is 6.80. The zero-order chi connectivity index (χ0) is 18.3. The minimum absolute atomic E-state index is 0.0641. The van der Waals surface area contributed by atoms with Crippen molar-refractivity contribution in [1.82, 2.24) is 0 Å². The molecule has 1 amide bonds. The fourth-order valence-corrected chi connectivity index (χ4v) is 4.47. The van der Waals surface area contributed by atoms with Gasteiger partial charge in [-0.2, -0.15) is 0 Å². The number of ketones is 1. The smallest absolute Gasteiger partial charge is 0.232 e. The Balaban J connectivity index is 1.87. The van der Waals surface area contributed by atoms with Crippen LogP contribution >= 0.6 is 15.9 Å². The average molecular weight is 414 g/mol. The van der Waals surface area contributed by atoms with Gasteiger partial charge >= 0.3 is 0 Å². The van der Waals surface area contributed by atoms with E-state index in [0.29, 0.717) is 18.5 Å². The van der Waals surface area contributed by atoms with Crippen LogP contribution in [-0.2, 0) is 9.59 Å². The van der Waals surface area contributed by atoms with E-state index in [1.54, 1.807) is 17.0 Å². The third-order valence-corrected chi connectivity index (χ3v) is 5.76. The van der Waals surface area contributed by atoms with E-state index >= 15 is 0 Å². The highest BCUT2D eigenvalue weighted by Crippen LogP contribution is 2.44. The van der Waals surface area contributed by atoms with Gasteiger partial charge in [-0.25, -0.2) is 4.39 Å². The first-order valence-corrected chi connectivity index (χ1v) is 9.45. The SMILES string of the molecule is O=C1CCCC2=C1C(c1ccccc1Br)CC(=O)N2c1ccc(F)cc1. The average Bonchev–Trinajstić information content (AvgIpc) is 2.63. The van der Waals surface area contributed by atoms with E-state index in [1.807, 2.05) is 24.3 Å². The Morgan fingerprint density at radius 1 is 1.00 bits per heavy atom. The Hall–Kier alpha value is -2.27. The molecule has 1 heterocycles. The van der Waals surface area contributed by atoms with Crippen molar-refractivity contribution in [2.24, 2.45) is 0 Å². The second-order valence-electron chi connectivity index (χ2n) is 6.62. The Morgan fingerprint density at radius 2 is 1.73 bits per heavy atom. The summed E-state index contributed by atoms with van der Waals surface area (Å²) in [4.78, 5) is 27.4. The molecule has 4 rings (SSSR count). The fraction of sp³-hybridized carbons (Fsp3) is 0.238. The zero-order valence-electron chi connectivity index (χ0n) is 14.0. The highest BCUT2D eigenvalue weighted by atomic mass is 79.9. The molecule has 0 saturated heterocycles. The molecular weight excluding hydrogens is 397 g/mol. The lowest BCUT2D eigenvalue weighted by Gasteiger charge is -2.38. The lowest BCUT2D eigenvalue weighted by Crippen LogP contribution is -2.40. The molecule has 0 aromatic heterocycles. The largest absolute Gasteiger partial charge is 0.294 e. The first-order valence-electron chi connectivity index (χ1n) is 8.65. The summed E-state index contributed by atoms with van der Waals surface area (Å²) in [6.07, 6.45) is 2.13. The molecule has 2 aliphatic rings. The minimum atomic E-state index is -0.349. The molecule has 2 aromatic rings. The number of amides is 1. The number of hydrogen-bond acceptors (Lipinski definition) is 2. The lowest BCUT2D eigenvalue weighted by molar-refractivity contribution is -0.119. The quantitative estimate of drug-likeness (QED) is 0.685. The predicted octanol–water partition coefficient (Wildman–Crippen LogP) is 5.12. The maximum Gasteiger partial charge on any atom is 0.232 e. The molecule has 1 unspecified atom stereocenters. The third kappa shape index (κ3) is 2.90. The van der Waals surface area contributed by atoms with Crippen LogP contribution in [0.5, 0.6) is 0 Å². The lowest BCUT2D eigenvalue weighted by atomic mass is 9.77. The van der Waals surface area contributed by atoms with E-state index in [1.165, 1.54) is 12.1 Å². The number of benzene rings is 2. The molecule has 0 N–H and O–H groups in total. The van der Waals surface area contributed by atoms with Gasteiger partial charge in [0, 0.05) is 40.2 Å². The molecule has 1 aliphatic carbocycles. The highest BCUT2D eigenvalue weighted by molar-refractivity contribution is 9.10. The number of halogens is 2. The monoisotopic (exact) mass is 413 g/mol. The van der Waals surface area contributed by atoms with Gasteiger partial charge in [-0.1, -0.05) is 34.1 Å². The Bertz CT molecular complexity index is 920. The Morgan fingerprint density at radius 3 is 2.46 bits per heavy atom. The Kier molecular flexibility index (Phi) is 4.49. The number of rotatable bonds is 2. The van der Waals surface area contributed by atoms with Crippen LogP contribution in [0.15, 0.2) is 64.3 Å². The number of Topliss-reactive ketones (excluding diaryl/α,β-unsaturated/α-hetero) is 1. The normalized spacial score (nSPS) is 20.4.